The van der Waals surface area contributed by atoms with Crippen LogP contribution in [0, 0.1) is 0 Å². The molecule has 1 heterocycles. The van der Waals surface area contributed by atoms with Crippen molar-refractivity contribution in [1.29, 1.82) is 0 Å². The van der Waals surface area contributed by atoms with Crippen molar-refractivity contribution in [2.24, 2.45) is 0 Å². The van der Waals surface area contributed by atoms with Crippen LogP contribution >= 0.6 is 0 Å². The lowest BCUT2D eigenvalue weighted by Crippen LogP contribution is -2.12. The highest BCUT2D eigenvalue weighted by Gasteiger charge is 2.23. The van der Waals surface area contributed by atoms with E-state index in [1.807, 2.05) is 0 Å². The molecule has 0 aliphatic rings. The first-order valence-electron chi connectivity index (χ1n) is 19.9. The van der Waals surface area contributed by atoms with Gasteiger partial charge in [0.25, 0.3) is 0 Å². The first kappa shape index (κ1) is 33.6. The lowest BCUT2D eigenvalue weighted by Gasteiger charge is -2.30. The number of anilines is 3. The van der Waals surface area contributed by atoms with Gasteiger partial charge in [0.1, 0.15) is 0 Å². The van der Waals surface area contributed by atoms with E-state index in [1.165, 1.54) is 71.2 Å². The van der Waals surface area contributed by atoms with Crippen LogP contribution in [0.25, 0.3) is 82.4 Å². The molecule has 0 atom stereocenters. The first-order valence-corrected chi connectivity index (χ1v) is 19.9. The molecule has 1 aromatic heterocycles. The van der Waals surface area contributed by atoms with E-state index in [2.05, 4.69) is 240 Å². The minimum atomic E-state index is 1.09. The highest BCUT2D eigenvalue weighted by molar-refractivity contribution is 6.16. The minimum absolute atomic E-state index is 1.09. The Labute approximate surface area is 338 Å². The zero-order chi connectivity index (χ0) is 38.4. The number of hydrogen-bond donors (Lipinski definition) is 0. The second kappa shape index (κ2) is 14.1. The number of fused-ring (bicyclic) bond motifs is 6. The van der Waals surface area contributed by atoms with Crippen LogP contribution in [0.1, 0.15) is 0 Å². The van der Waals surface area contributed by atoms with Gasteiger partial charge in [0.2, 0.25) is 0 Å². The average molecular weight is 739 g/mol. The minimum Gasteiger partial charge on any atom is -0.309 e. The van der Waals surface area contributed by atoms with Crippen LogP contribution in [0.3, 0.4) is 0 Å². The second-order valence-electron chi connectivity index (χ2n) is 14.9. The van der Waals surface area contributed by atoms with Crippen LogP contribution in [0.2, 0.25) is 0 Å². The van der Waals surface area contributed by atoms with Crippen molar-refractivity contribution in [3.05, 3.63) is 231 Å². The van der Waals surface area contributed by atoms with Crippen molar-refractivity contribution in [2.75, 3.05) is 4.90 Å². The van der Waals surface area contributed by atoms with Gasteiger partial charge in [0.05, 0.1) is 28.1 Å². The summed E-state index contributed by atoms with van der Waals surface area (Å²) in [5, 5.41) is 7.34. The smallest absolute Gasteiger partial charge is 0.0562 e. The van der Waals surface area contributed by atoms with Gasteiger partial charge < -0.3 is 9.47 Å². The maximum absolute atomic E-state index is 2.48. The van der Waals surface area contributed by atoms with Crippen molar-refractivity contribution in [3.8, 4) is 39.1 Å². The van der Waals surface area contributed by atoms with Crippen molar-refractivity contribution in [1.82, 2.24) is 4.57 Å². The third-order valence-corrected chi connectivity index (χ3v) is 11.6. The van der Waals surface area contributed by atoms with Gasteiger partial charge in [-0.1, -0.05) is 194 Å². The Morgan fingerprint density at radius 3 is 1.62 bits per heavy atom. The number of hydrogen-bond acceptors (Lipinski definition) is 1. The molecule has 272 valence electrons. The molecule has 0 saturated heterocycles. The standard InChI is InChI=1S/C56H38N2/c1-3-17-39(18-4-1)40-31-33-42(34-32-40)47-24-12-15-29-53(47)58-54-30-16-13-27-50(54)51-36-35-44(38-56(51)58)57(52-28-14-11-23-46(52)41-19-5-2-6-20-41)55-37-43-21-7-8-22-45(43)48-25-9-10-26-49(48)55/h1-38H. The Hall–Kier alpha value is -7.68. The molecule has 0 bridgehead atoms. The molecule has 0 fully saturated rings. The number of rotatable bonds is 7. The van der Waals surface area contributed by atoms with Gasteiger partial charge in [-0.3, -0.25) is 0 Å². The predicted octanol–water partition coefficient (Wildman–Crippen LogP) is 15.6. The average Bonchev–Trinajstić information content (AvgIpc) is 3.63. The topological polar surface area (TPSA) is 8.17 Å². The van der Waals surface area contributed by atoms with Gasteiger partial charge in [0, 0.05) is 33.0 Å². The predicted molar refractivity (Wildman–Crippen MR) is 247 cm³/mol. The Bertz CT molecular complexity index is 3270. The van der Waals surface area contributed by atoms with Crippen molar-refractivity contribution in [2.45, 2.75) is 0 Å². The SMILES string of the molecule is c1ccc(-c2ccc(-c3ccccc3-n3c4ccccc4c4ccc(N(c5ccccc5-c5ccccc5)c5cc6ccccc6c6ccccc56)cc43)cc2)cc1. The zero-order valence-electron chi connectivity index (χ0n) is 31.8. The van der Waals surface area contributed by atoms with Crippen molar-refractivity contribution >= 4 is 60.4 Å². The normalized spacial score (nSPS) is 11.4. The van der Waals surface area contributed by atoms with Gasteiger partial charge in [-0.2, -0.15) is 0 Å². The summed E-state index contributed by atoms with van der Waals surface area (Å²) in [6.45, 7) is 0. The highest BCUT2D eigenvalue weighted by Crippen LogP contribution is 2.47. The van der Waals surface area contributed by atoms with Gasteiger partial charge >= 0.3 is 0 Å². The molecule has 58 heavy (non-hydrogen) atoms. The summed E-state index contributed by atoms with van der Waals surface area (Å²) in [5.41, 5.74) is 14.0. The summed E-state index contributed by atoms with van der Waals surface area (Å²) in [4.78, 5) is 2.48. The molecule has 0 spiro atoms. The van der Waals surface area contributed by atoms with Crippen molar-refractivity contribution in [3.63, 3.8) is 0 Å². The molecule has 2 heteroatoms. The number of aromatic nitrogens is 1. The molecule has 0 amide bonds. The molecule has 10 aromatic carbocycles. The molecule has 11 aromatic rings. The molecule has 0 radical (unpaired) electrons. The van der Waals surface area contributed by atoms with E-state index in [0.29, 0.717) is 0 Å². The van der Waals surface area contributed by atoms with E-state index >= 15 is 0 Å². The monoisotopic (exact) mass is 738 g/mol. The molecule has 0 unspecified atom stereocenters. The summed E-state index contributed by atoms with van der Waals surface area (Å²) in [5.74, 6) is 0. The summed E-state index contributed by atoms with van der Waals surface area (Å²) < 4.78 is 2.47. The highest BCUT2D eigenvalue weighted by atomic mass is 15.1. The zero-order valence-corrected chi connectivity index (χ0v) is 31.8. The van der Waals surface area contributed by atoms with Crippen LogP contribution in [0.4, 0.5) is 17.1 Å². The summed E-state index contributed by atoms with van der Waals surface area (Å²) >= 11 is 0. The fraction of sp³-hybridized carbons (Fsp3) is 0. The molecular formula is C56H38N2. The van der Waals surface area contributed by atoms with Gasteiger partial charge in [-0.25, -0.2) is 0 Å². The summed E-state index contributed by atoms with van der Waals surface area (Å²) in [7, 11) is 0. The third kappa shape index (κ3) is 5.66. The molecule has 11 rings (SSSR count). The van der Waals surface area contributed by atoms with Gasteiger partial charge in [-0.05, 0) is 74.8 Å². The van der Waals surface area contributed by atoms with Gasteiger partial charge in [0.15, 0.2) is 0 Å². The van der Waals surface area contributed by atoms with Crippen LogP contribution < -0.4 is 4.90 Å². The first-order chi connectivity index (χ1) is 28.8. The largest absolute Gasteiger partial charge is 0.309 e. The van der Waals surface area contributed by atoms with E-state index in [4.69, 9.17) is 0 Å². The molecule has 0 N–H and O–H groups in total. The lowest BCUT2D eigenvalue weighted by molar-refractivity contribution is 1.18. The van der Waals surface area contributed by atoms with E-state index < -0.39 is 0 Å². The van der Waals surface area contributed by atoms with Crippen molar-refractivity contribution < 1.29 is 0 Å². The second-order valence-corrected chi connectivity index (χ2v) is 14.9. The fourth-order valence-corrected chi connectivity index (χ4v) is 8.90. The molecule has 2 nitrogen and oxygen atoms in total. The van der Waals surface area contributed by atoms with E-state index in [-0.39, 0.29) is 0 Å². The van der Waals surface area contributed by atoms with E-state index in [1.54, 1.807) is 0 Å². The Balaban J connectivity index is 1.17. The van der Waals surface area contributed by atoms with Crippen LogP contribution in [0.5, 0.6) is 0 Å². The van der Waals surface area contributed by atoms with E-state index in [0.717, 1.165) is 28.3 Å². The molecule has 0 aliphatic carbocycles. The number of benzene rings is 10. The van der Waals surface area contributed by atoms with Crippen LogP contribution in [-0.2, 0) is 0 Å². The number of para-hydroxylation sites is 3. The van der Waals surface area contributed by atoms with Crippen LogP contribution in [0.15, 0.2) is 231 Å². The molecule has 0 saturated carbocycles. The molecule has 0 aliphatic heterocycles. The van der Waals surface area contributed by atoms with Crippen LogP contribution in [-0.4, -0.2) is 4.57 Å². The summed E-state index contributed by atoms with van der Waals surface area (Å²) in [6.07, 6.45) is 0. The third-order valence-electron chi connectivity index (χ3n) is 11.6. The Morgan fingerprint density at radius 1 is 0.293 bits per heavy atom. The molecular weight excluding hydrogens is 701 g/mol. The van der Waals surface area contributed by atoms with Gasteiger partial charge in [-0.15, -0.1) is 0 Å². The Morgan fingerprint density at radius 2 is 0.828 bits per heavy atom. The quantitative estimate of drug-likeness (QED) is 0.148. The Kier molecular flexibility index (Phi) is 8.19. The maximum atomic E-state index is 2.48. The summed E-state index contributed by atoms with van der Waals surface area (Å²) in [6, 6.07) is 83.8. The number of nitrogens with zero attached hydrogens (tertiary/aromatic N) is 2. The van der Waals surface area contributed by atoms with E-state index in [9.17, 15) is 0 Å². The fourth-order valence-electron chi connectivity index (χ4n) is 8.90. The maximum Gasteiger partial charge on any atom is 0.0562 e. The lowest BCUT2D eigenvalue weighted by atomic mass is 9.97.